The van der Waals surface area contributed by atoms with Crippen LogP contribution in [-0.4, -0.2) is 27.4 Å². The number of nitrogens with zero attached hydrogens (tertiary/aromatic N) is 3. The third kappa shape index (κ3) is 4.34. The maximum absolute atomic E-state index is 13.2. The Bertz CT molecular complexity index is 1310. The molecule has 1 atom stereocenters. The smallest absolute Gasteiger partial charge is 0.262 e. The van der Waals surface area contributed by atoms with Crippen molar-refractivity contribution >= 4 is 27.5 Å². The van der Waals surface area contributed by atoms with Crippen LogP contribution in [0.5, 0.6) is 0 Å². The first-order valence-electron chi connectivity index (χ1n) is 10.4. The summed E-state index contributed by atoms with van der Waals surface area (Å²) in [4.78, 5) is 32.7. The largest absolute Gasteiger partial charge is 0.339 e. The van der Waals surface area contributed by atoms with Crippen molar-refractivity contribution in [3.8, 4) is 11.1 Å². The summed E-state index contributed by atoms with van der Waals surface area (Å²) in [6, 6.07) is 14.0. The first-order valence-corrected chi connectivity index (χ1v) is 11.3. The van der Waals surface area contributed by atoms with Crippen LogP contribution in [0.15, 0.2) is 65.0 Å². The van der Waals surface area contributed by atoms with Crippen molar-refractivity contribution in [2.24, 2.45) is 0 Å². The molecule has 0 saturated heterocycles. The monoisotopic (exact) mass is 449 g/mol. The lowest BCUT2D eigenvalue weighted by Gasteiger charge is -2.25. The molecular formula is C25H24FN3O2S. The van der Waals surface area contributed by atoms with Crippen LogP contribution in [0.2, 0.25) is 0 Å². The first kappa shape index (κ1) is 21.9. The summed E-state index contributed by atoms with van der Waals surface area (Å²) in [5, 5.41) is 2.54. The highest BCUT2D eigenvalue weighted by molar-refractivity contribution is 7.17. The number of halogens is 1. The van der Waals surface area contributed by atoms with E-state index < -0.39 is 0 Å². The highest BCUT2D eigenvalue weighted by atomic mass is 32.1. The van der Waals surface area contributed by atoms with Gasteiger partial charge in [-0.1, -0.05) is 42.0 Å². The molecule has 0 radical (unpaired) electrons. The maximum atomic E-state index is 13.2. The quantitative estimate of drug-likeness (QED) is 0.407. The second-order valence-corrected chi connectivity index (χ2v) is 8.78. The number of aromatic nitrogens is 2. The van der Waals surface area contributed by atoms with Crippen molar-refractivity contribution in [2.45, 2.75) is 32.9 Å². The summed E-state index contributed by atoms with van der Waals surface area (Å²) in [7, 11) is 1.72. The van der Waals surface area contributed by atoms with Gasteiger partial charge in [0.25, 0.3) is 5.56 Å². The molecule has 0 saturated carbocycles. The van der Waals surface area contributed by atoms with Gasteiger partial charge in [-0.25, -0.2) is 9.37 Å². The first-order chi connectivity index (χ1) is 15.3. The number of fused-ring (bicyclic) bond motifs is 1. The van der Waals surface area contributed by atoms with Gasteiger partial charge in [0, 0.05) is 31.0 Å². The minimum Gasteiger partial charge on any atom is -0.339 e. The van der Waals surface area contributed by atoms with Crippen molar-refractivity contribution < 1.29 is 9.18 Å². The molecule has 2 heterocycles. The van der Waals surface area contributed by atoms with Crippen LogP contribution in [-0.2, 0) is 11.3 Å². The van der Waals surface area contributed by atoms with Gasteiger partial charge < -0.3 is 4.90 Å². The lowest BCUT2D eigenvalue weighted by Crippen LogP contribution is -2.31. The van der Waals surface area contributed by atoms with E-state index in [2.05, 4.69) is 4.98 Å². The molecule has 7 heteroatoms. The maximum Gasteiger partial charge on any atom is 0.262 e. The highest BCUT2D eigenvalue weighted by Crippen LogP contribution is 2.30. The SMILES string of the molecule is Cc1ccc(-c2csc3ncn(CCC(=O)N(C)[C@H](C)c4ccc(F)cc4)c(=O)c23)cc1. The van der Waals surface area contributed by atoms with Crippen LogP contribution < -0.4 is 5.56 Å². The van der Waals surface area contributed by atoms with Gasteiger partial charge in [0.05, 0.1) is 17.8 Å². The van der Waals surface area contributed by atoms with Crippen molar-refractivity contribution in [2.75, 3.05) is 7.05 Å². The fourth-order valence-corrected chi connectivity index (χ4v) is 4.55. The lowest BCUT2D eigenvalue weighted by atomic mass is 10.1. The molecule has 2 aromatic heterocycles. The second-order valence-electron chi connectivity index (χ2n) is 7.92. The molecule has 0 unspecified atom stereocenters. The molecule has 1 amide bonds. The van der Waals surface area contributed by atoms with Crippen LogP contribution in [0.1, 0.15) is 30.5 Å². The number of thiophene rings is 1. The van der Waals surface area contributed by atoms with Crippen LogP contribution in [0, 0.1) is 12.7 Å². The predicted octanol–water partition coefficient (Wildman–Crippen LogP) is 5.18. The van der Waals surface area contributed by atoms with Crippen molar-refractivity contribution in [1.29, 1.82) is 0 Å². The molecule has 0 N–H and O–H groups in total. The number of carbonyl (C=O) groups excluding carboxylic acids is 1. The Morgan fingerprint density at radius 1 is 1.16 bits per heavy atom. The minimum atomic E-state index is -0.310. The molecule has 164 valence electrons. The molecule has 5 nitrogen and oxygen atoms in total. The van der Waals surface area contributed by atoms with Gasteiger partial charge in [0.2, 0.25) is 5.91 Å². The summed E-state index contributed by atoms with van der Waals surface area (Å²) < 4.78 is 14.7. The lowest BCUT2D eigenvalue weighted by molar-refractivity contribution is -0.132. The Labute approximate surface area is 189 Å². The van der Waals surface area contributed by atoms with Gasteiger partial charge in [0.1, 0.15) is 10.6 Å². The number of amides is 1. The van der Waals surface area contributed by atoms with E-state index in [1.165, 1.54) is 34.4 Å². The molecule has 0 bridgehead atoms. The van der Waals surface area contributed by atoms with Crippen molar-refractivity contribution in [1.82, 2.24) is 14.5 Å². The zero-order chi connectivity index (χ0) is 22.8. The summed E-state index contributed by atoms with van der Waals surface area (Å²) in [6.07, 6.45) is 1.68. The molecular weight excluding hydrogens is 425 g/mol. The van der Waals surface area contributed by atoms with E-state index in [0.29, 0.717) is 10.2 Å². The molecule has 2 aromatic carbocycles. The van der Waals surface area contributed by atoms with E-state index >= 15 is 0 Å². The van der Waals surface area contributed by atoms with Crippen LogP contribution >= 0.6 is 11.3 Å². The molecule has 0 aliphatic carbocycles. The third-order valence-corrected chi connectivity index (χ3v) is 6.70. The average Bonchev–Trinajstić information content (AvgIpc) is 3.23. The molecule has 0 spiro atoms. The van der Waals surface area contributed by atoms with Crippen LogP contribution in [0.25, 0.3) is 21.3 Å². The van der Waals surface area contributed by atoms with E-state index in [0.717, 1.165) is 22.3 Å². The van der Waals surface area contributed by atoms with E-state index in [4.69, 9.17) is 0 Å². The van der Waals surface area contributed by atoms with Gasteiger partial charge in [-0.15, -0.1) is 11.3 Å². The van der Waals surface area contributed by atoms with Crippen LogP contribution in [0.4, 0.5) is 4.39 Å². The van der Waals surface area contributed by atoms with Crippen molar-refractivity contribution in [3.63, 3.8) is 0 Å². The second kappa shape index (κ2) is 9.04. The summed E-state index contributed by atoms with van der Waals surface area (Å²) in [5.74, 6) is -0.409. The van der Waals surface area contributed by atoms with E-state index in [1.54, 1.807) is 24.1 Å². The Morgan fingerprint density at radius 3 is 2.53 bits per heavy atom. The Morgan fingerprint density at radius 2 is 1.84 bits per heavy atom. The molecule has 0 aliphatic heterocycles. The van der Waals surface area contributed by atoms with Crippen molar-refractivity contribution in [3.05, 3.63) is 87.5 Å². The van der Waals surface area contributed by atoms with Gasteiger partial charge >= 0.3 is 0 Å². The fourth-order valence-electron chi connectivity index (χ4n) is 3.65. The zero-order valence-electron chi connectivity index (χ0n) is 18.2. The normalized spacial score (nSPS) is 12.1. The van der Waals surface area contributed by atoms with Gasteiger partial charge in [-0.05, 0) is 37.1 Å². The minimum absolute atomic E-state index is 0.0992. The summed E-state index contributed by atoms with van der Waals surface area (Å²) >= 11 is 1.44. The fraction of sp³-hybridized carbons (Fsp3) is 0.240. The van der Waals surface area contributed by atoms with E-state index in [-0.39, 0.29) is 36.3 Å². The number of carbonyl (C=O) groups is 1. The number of benzene rings is 2. The average molecular weight is 450 g/mol. The topological polar surface area (TPSA) is 55.2 Å². The number of hydrogen-bond donors (Lipinski definition) is 0. The van der Waals surface area contributed by atoms with Gasteiger partial charge in [0.15, 0.2) is 0 Å². The van der Waals surface area contributed by atoms with Crippen LogP contribution in [0.3, 0.4) is 0 Å². The molecule has 4 aromatic rings. The molecule has 32 heavy (non-hydrogen) atoms. The van der Waals surface area contributed by atoms with E-state index in [9.17, 15) is 14.0 Å². The number of aryl methyl sites for hydroxylation is 2. The zero-order valence-corrected chi connectivity index (χ0v) is 19.0. The summed E-state index contributed by atoms with van der Waals surface area (Å²) in [6.45, 7) is 4.16. The Balaban J connectivity index is 1.53. The van der Waals surface area contributed by atoms with Gasteiger partial charge in [-0.3, -0.25) is 14.2 Å². The predicted molar refractivity (Wildman–Crippen MR) is 126 cm³/mol. The third-order valence-electron chi connectivity index (χ3n) is 5.82. The molecule has 4 rings (SSSR count). The number of hydrogen-bond acceptors (Lipinski definition) is 4. The highest BCUT2D eigenvalue weighted by Gasteiger charge is 2.19. The van der Waals surface area contributed by atoms with Gasteiger partial charge in [-0.2, -0.15) is 0 Å². The molecule has 0 fully saturated rings. The Hall–Kier alpha value is -3.32. The Kier molecular flexibility index (Phi) is 6.19. The van der Waals surface area contributed by atoms with E-state index in [1.807, 2.05) is 43.5 Å². The molecule has 0 aliphatic rings. The standard InChI is InChI=1S/C25H24FN3O2S/c1-16-4-6-19(7-5-16)21-14-32-24-23(21)25(31)29(15-27-24)13-12-22(30)28(3)17(2)18-8-10-20(26)11-9-18/h4-11,14-15,17H,12-13H2,1-3H3/t17-/m1/s1. The number of rotatable bonds is 6. The summed E-state index contributed by atoms with van der Waals surface area (Å²) in [5.41, 5.74) is 3.70.